The molecule has 6 heteroatoms. The molecule has 0 aliphatic heterocycles. The van der Waals surface area contributed by atoms with Gasteiger partial charge in [-0.3, -0.25) is 9.78 Å². The quantitative estimate of drug-likeness (QED) is 0.826. The van der Waals surface area contributed by atoms with Crippen molar-refractivity contribution < 1.29 is 14.3 Å². The van der Waals surface area contributed by atoms with Gasteiger partial charge < -0.3 is 15.0 Å². The average Bonchev–Trinajstić information content (AvgIpc) is 2.62. The molecule has 1 aromatic heterocycles. The Morgan fingerprint density at radius 1 is 1.12 bits per heavy atom. The third-order valence-electron chi connectivity index (χ3n) is 3.60. The number of hydrogen-bond donors (Lipinski definition) is 1. The molecule has 1 amide bonds. The van der Waals surface area contributed by atoms with Crippen molar-refractivity contribution in [2.45, 2.75) is 13.8 Å². The van der Waals surface area contributed by atoms with Crippen molar-refractivity contribution in [3.63, 3.8) is 0 Å². The lowest BCUT2D eigenvalue weighted by molar-refractivity contribution is 0.0600. The predicted octanol–water partition coefficient (Wildman–Crippen LogP) is 3.09. The summed E-state index contributed by atoms with van der Waals surface area (Å²) in [5.74, 6) is -0.502. The number of benzene rings is 1. The summed E-state index contributed by atoms with van der Waals surface area (Å²) < 4.78 is 4.72. The maximum absolute atomic E-state index is 12.4. The molecule has 6 nitrogen and oxygen atoms in total. The molecule has 0 spiro atoms. The third-order valence-corrected chi connectivity index (χ3v) is 3.60. The van der Waals surface area contributed by atoms with E-state index in [0.717, 1.165) is 11.4 Å². The van der Waals surface area contributed by atoms with E-state index >= 15 is 0 Å². The largest absolute Gasteiger partial charge is 0.465 e. The van der Waals surface area contributed by atoms with E-state index in [-0.39, 0.29) is 5.91 Å². The molecule has 2 aromatic rings. The zero-order valence-electron chi connectivity index (χ0n) is 14.1. The van der Waals surface area contributed by atoms with E-state index in [0.29, 0.717) is 24.3 Å². The molecule has 0 saturated heterocycles. The highest BCUT2D eigenvalue weighted by Crippen LogP contribution is 2.19. The highest BCUT2D eigenvalue weighted by atomic mass is 16.5. The van der Waals surface area contributed by atoms with Gasteiger partial charge >= 0.3 is 5.97 Å². The summed E-state index contributed by atoms with van der Waals surface area (Å²) in [5, 5.41) is 3.17. The molecule has 2 rings (SSSR count). The Kier molecular flexibility index (Phi) is 5.89. The Hall–Kier alpha value is -2.89. The normalized spacial score (nSPS) is 10.1. The number of esters is 1. The average molecular weight is 327 g/mol. The first-order valence-corrected chi connectivity index (χ1v) is 7.79. The number of anilines is 2. The molecular weight excluding hydrogens is 306 g/mol. The van der Waals surface area contributed by atoms with Crippen LogP contribution in [0.2, 0.25) is 0 Å². The van der Waals surface area contributed by atoms with Crippen molar-refractivity contribution >= 4 is 23.3 Å². The van der Waals surface area contributed by atoms with Crippen molar-refractivity contribution in [1.82, 2.24) is 9.88 Å². The fourth-order valence-electron chi connectivity index (χ4n) is 2.31. The minimum Gasteiger partial charge on any atom is -0.465 e. The van der Waals surface area contributed by atoms with Gasteiger partial charge in [-0.1, -0.05) is 6.07 Å². The number of pyridine rings is 1. The van der Waals surface area contributed by atoms with Crippen molar-refractivity contribution in [3.05, 3.63) is 53.9 Å². The van der Waals surface area contributed by atoms with Gasteiger partial charge in [0.1, 0.15) is 5.69 Å². The number of methoxy groups -OCH3 is 1. The fourth-order valence-corrected chi connectivity index (χ4v) is 2.31. The zero-order chi connectivity index (χ0) is 17.5. The fraction of sp³-hybridized carbons (Fsp3) is 0.278. The van der Waals surface area contributed by atoms with Gasteiger partial charge in [0.05, 0.1) is 12.7 Å². The van der Waals surface area contributed by atoms with Crippen molar-refractivity contribution in [3.8, 4) is 0 Å². The van der Waals surface area contributed by atoms with Crippen LogP contribution in [0.15, 0.2) is 42.6 Å². The molecule has 0 atom stereocenters. The molecule has 1 N–H and O–H groups in total. The monoisotopic (exact) mass is 327 g/mol. The standard InChI is InChI=1S/C18H21N3O3/c1-4-21(5-2)17(22)16-12-15(9-10-19-16)20-14-8-6-7-13(11-14)18(23)24-3/h6-12H,4-5H2,1-3H3,(H,19,20). The lowest BCUT2D eigenvalue weighted by Gasteiger charge is -2.18. The van der Waals surface area contributed by atoms with Gasteiger partial charge in [-0.15, -0.1) is 0 Å². The number of nitrogens with zero attached hydrogens (tertiary/aromatic N) is 2. The summed E-state index contributed by atoms with van der Waals surface area (Å²) in [6.45, 7) is 5.13. The van der Waals surface area contributed by atoms with E-state index in [1.165, 1.54) is 7.11 Å². The second-order valence-corrected chi connectivity index (χ2v) is 5.10. The summed E-state index contributed by atoms with van der Waals surface area (Å²) in [5.41, 5.74) is 2.29. The second kappa shape index (κ2) is 8.10. The molecule has 0 radical (unpaired) electrons. The van der Waals surface area contributed by atoms with Crippen LogP contribution in [0.5, 0.6) is 0 Å². The van der Waals surface area contributed by atoms with Crippen LogP contribution in [0.4, 0.5) is 11.4 Å². The number of rotatable bonds is 6. The highest BCUT2D eigenvalue weighted by Gasteiger charge is 2.14. The van der Waals surface area contributed by atoms with E-state index in [1.807, 2.05) is 19.9 Å². The summed E-state index contributed by atoms with van der Waals surface area (Å²) in [4.78, 5) is 29.8. The van der Waals surface area contributed by atoms with Crippen LogP contribution in [-0.4, -0.2) is 42.0 Å². The van der Waals surface area contributed by atoms with Crippen LogP contribution in [-0.2, 0) is 4.74 Å². The number of nitrogens with one attached hydrogen (secondary N) is 1. The number of amides is 1. The zero-order valence-corrected chi connectivity index (χ0v) is 14.1. The summed E-state index contributed by atoms with van der Waals surface area (Å²) >= 11 is 0. The van der Waals surface area contributed by atoms with Gasteiger partial charge in [-0.2, -0.15) is 0 Å². The minimum absolute atomic E-state index is 0.105. The Bertz CT molecular complexity index is 727. The first-order chi connectivity index (χ1) is 11.6. The highest BCUT2D eigenvalue weighted by molar-refractivity contribution is 5.93. The molecule has 0 fully saturated rings. The molecule has 0 unspecified atom stereocenters. The second-order valence-electron chi connectivity index (χ2n) is 5.10. The first-order valence-electron chi connectivity index (χ1n) is 7.79. The number of ether oxygens (including phenoxy) is 1. The van der Waals surface area contributed by atoms with Crippen molar-refractivity contribution in [2.75, 3.05) is 25.5 Å². The minimum atomic E-state index is -0.397. The lowest BCUT2D eigenvalue weighted by Crippen LogP contribution is -2.31. The lowest BCUT2D eigenvalue weighted by atomic mass is 10.2. The van der Waals surface area contributed by atoms with Gasteiger partial charge in [0.2, 0.25) is 0 Å². The topological polar surface area (TPSA) is 71.5 Å². The van der Waals surface area contributed by atoms with Crippen LogP contribution in [0.3, 0.4) is 0 Å². The van der Waals surface area contributed by atoms with Gasteiger partial charge in [-0.05, 0) is 44.2 Å². The Morgan fingerprint density at radius 3 is 2.50 bits per heavy atom. The van der Waals surface area contributed by atoms with E-state index in [2.05, 4.69) is 10.3 Å². The molecule has 126 valence electrons. The smallest absolute Gasteiger partial charge is 0.337 e. The van der Waals surface area contributed by atoms with Gasteiger partial charge in [0.25, 0.3) is 5.91 Å². The summed E-state index contributed by atoms with van der Waals surface area (Å²) in [6.07, 6.45) is 1.59. The van der Waals surface area contributed by atoms with Gasteiger partial charge in [0, 0.05) is 30.7 Å². The molecule has 0 aliphatic rings. The van der Waals surface area contributed by atoms with Gasteiger partial charge in [-0.25, -0.2) is 4.79 Å². The molecular formula is C18H21N3O3. The van der Waals surface area contributed by atoms with Crippen molar-refractivity contribution in [1.29, 1.82) is 0 Å². The number of carbonyl (C=O) groups excluding carboxylic acids is 2. The van der Waals surface area contributed by atoms with Crippen LogP contribution in [0, 0.1) is 0 Å². The summed E-state index contributed by atoms with van der Waals surface area (Å²) in [7, 11) is 1.34. The van der Waals surface area contributed by atoms with E-state index in [1.54, 1.807) is 41.4 Å². The van der Waals surface area contributed by atoms with Crippen LogP contribution in [0.1, 0.15) is 34.7 Å². The SMILES string of the molecule is CCN(CC)C(=O)c1cc(Nc2cccc(C(=O)OC)c2)ccn1. The first kappa shape index (κ1) is 17.5. The molecule has 1 aromatic carbocycles. The Labute approximate surface area is 141 Å². The molecule has 24 heavy (non-hydrogen) atoms. The number of carbonyl (C=O) groups is 2. The molecule has 0 saturated carbocycles. The van der Waals surface area contributed by atoms with E-state index < -0.39 is 5.97 Å². The third kappa shape index (κ3) is 4.10. The van der Waals surface area contributed by atoms with Gasteiger partial charge in [0.15, 0.2) is 0 Å². The Morgan fingerprint density at radius 2 is 1.83 bits per heavy atom. The van der Waals surface area contributed by atoms with E-state index in [9.17, 15) is 9.59 Å². The molecule has 0 aliphatic carbocycles. The number of aromatic nitrogens is 1. The van der Waals surface area contributed by atoms with Crippen LogP contribution < -0.4 is 5.32 Å². The van der Waals surface area contributed by atoms with Crippen molar-refractivity contribution in [2.24, 2.45) is 0 Å². The predicted molar refractivity (Wildman–Crippen MR) is 92.6 cm³/mol. The maximum atomic E-state index is 12.4. The Balaban J connectivity index is 2.21. The molecule has 0 bridgehead atoms. The maximum Gasteiger partial charge on any atom is 0.337 e. The number of hydrogen-bond acceptors (Lipinski definition) is 5. The van der Waals surface area contributed by atoms with Crippen LogP contribution >= 0.6 is 0 Å². The van der Waals surface area contributed by atoms with Crippen LogP contribution in [0.25, 0.3) is 0 Å². The molecule has 1 heterocycles. The van der Waals surface area contributed by atoms with E-state index in [4.69, 9.17) is 4.74 Å². The summed E-state index contributed by atoms with van der Waals surface area (Å²) in [6, 6.07) is 10.4.